The number of hydrogen-bond donors (Lipinski definition) is 0. The van der Waals surface area contributed by atoms with Gasteiger partial charge in [0.25, 0.3) is 0 Å². The standard InChI is InChI=1S/C6H2F11NO/c7-1-2(8,9)18-3(10,11)5(14,15)19-6(16,17)4(18,12)13/h1H2. The van der Waals surface area contributed by atoms with E-state index in [1.165, 1.54) is 0 Å². The van der Waals surface area contributed by atoms with Crippen molar-refractivity contribution < 1.29 is 53.0 Å². The Morgan fingerprint density at radius 2 is 1.11 bits per heavy atom. The van der Waals surface area contributed by atoms with Crippen molar-refractivity contribution in [3.63, 3.8) is 0 Å². The predicted molar refractivity (Wildman–Crippen MR) is 33.6 cm³/mol. The Morgan fingerprint density at radius 1 is 0.789 bits per heavy atom. The molecule has 1 saturated heterocycles. The second-order valence-corrected chi connectivity index (χ2v) is 3.35. The average molecular weight is 313 g/mol. The first kappa shape index (κ1) is 16.2. The second kappa shape index (κ2) is 3.84. The summed E-state index contributed by atoms with van der Waals surface area (Å²) in [6.45, 7) is -3.33. The van der Waals surface area contributed by atoms with Crippen molar-refractivity contribution >= 4 is 0 Å². The Kier molecular flexibility index (Phi) is 3.27. The number of hydrogen-bond acceptors (Lipinski definition) is 2. The highest BCUT2D eigenvalue weighted by Gasteiger charge is 2.86. The van der Waals surface area contributed by atoms with Gasteiger partial charge in [-0.2, -0.15) is 43.9 Å². The van der Waals surface area contributed by atoms with Gasteiger partial charge in [-0.1, -0.05) is 0 Å². The fourth-order valence-corrected chi connectivity index (χ4v) is 1.19. The summed E-state index contributed by atoms with van der Waals surface area (Å²) in [7, 11) is 0. The smallest absolute Gasteiger partial charge is 0.243 e. The largest absolute Gasteiger partial charge is 0.439 e. The molecule has 1 fully saturated rings. The van der Waals surface area contributed by atoms with Crippen molar-refractivity contribution in [2.75, 3.05) is 6.67 Å². The van der Waals surface area contributed by atoms with Crippen molar-refractivity contribution in [2.24, 2.45) is 0 Å². The Morgan fingerprint density at radius 3 is 1.37 bits per heavy atom. The maximum Gasteiger partial charge on any atom is 0.439 e. The molecular weight excluding hydrogens is 311 g/mol. The van der Waals surface area contributed by atoms with Crippen LogP contribution in [0.15, 0.2) is 0 Å². The molecule has 0 atom stereocenters. The Bertz CT molecular complexity index is 340. The SMILES string of the molecule is FCC(F)(F)N1C(F)(F)C(F)(F)OC(F)(F)C1(F)F. The summed E-state index contributed by atoms with van der Waals surface area (Å²) in [5.41, 5.74) is 0. The van der Waals surface area contributed by atoms with Crippen LogP contribution in [0, 0.1) is 0 Å². The number of rotatable bonds is 2. The minimum Gasteiger partial charge on any atom is -0.243 e. The van der Waals surface area contributed by atoms with Gasteiger partial charge in [-0.05, 0) is 0 Å². The zero-order valence-electron chi connectivity index (χ0n) is 8.22. The highest BCUT2D eigenvalue weighted by Crippen LogP contribution is 2.58. The van der Waals surface area contributed by atoms with Gasteiger partial charge in [0.2, 0.25) is 0 Å². The Labute approximate surface area is 96.3 Å². The van der Waals surface area contributed by atoms with E-state index in [9.17, 15) is 48.3 Å². The quantitative estimate of drug-likeness (QED) is 0.573. The average Bonchev–Trinajstić information content (AvgIpc) is 2.12. The van der Waals surface area contributed by atoms with E-state index in [-0.39, 0.29) is 0 Å². The lowest BCUT2D eigenvalue weighted by atomic mass is 10.2. The lowest BCUT2D eigenvalue weighted by Crippen LogP contribution is -2.77. The van der Waals surface area contributed by atoms with E-state index in [1.807, 2.05) is 4.74 Å². The first-order chi connectivity index (χ1) is 8.13. The first-order valence-corrected chi connectivity index (χ1v) is 4.09. The maximum atomic E-state index is 12.8. The molecule has 19 heavy (non-hydrogen) atoms. The number of nitrogens with zero attached hydrogens (tertiary/aromatic N) is 1. The topological polar surface area (TPSA) is 12.5 Å². The van der Waals surface area contributed by atoms with E-state index < -0.39 is 41.9 Å². The zero-order valence-corrected chi connectivity index (χ0v) is 8.22. The van der Waals surface area contributed by atoms with Crippen LogP contribution in [0.3, 0.4) is 0 Å². The molecule has 0 bridgehead atoms. The van der Waals surface area contributed by atoms with E-state index in [0.29, 0.717) is 0 Å². The molecule has 1 rings (SSSR count). The molecule has 1 aliphatic rings. The number of halogens is 11. The van der Waals surface area contributed by atoms with Crippen molar-refractivity contribution in [1.29, 1.82) is 0 Å². The van der Waals surface area contributed by atoms with E-state index in [1.54, 1.807) is 0 Å². The monoisotopic (exact) mass is 313 g/mol. The van der Waals surface area contributed by atoms with E-state index in [0.717, 1.165) is 0 Å². The van der Waals surface area contributed by atoms with Gasteiger partial charge in [-0.3, -0.25) is 0 Å². The van der Waals surface area contributed by atoms with Crippen molar-refractivity contribution in [2.45, 2.75) is 30.4 Å². The molecule has 1 aliphatic heterocycles. The van der Waals surface area contributed by atoms with Crippen molar-refractivity contribution in [1.82, 2.24) is 4.90 Å². The highest BCUT2D eigenvalue weighted by molar-refractivity contribution is 4.97. The van der Waals surface area contributed by atoms with Gasteiger partial charge in [0, 0.05) is 0 Å². The Hall–Kier alpha value is -0.850. The molecule has 0 amide bonds. The van der Waals surface area contributed by atoms with Crippen LogP contribution < -0.4 is 0 Å². The van der Waals surface area contributed by atoms with Crippen LogP contribution in [-0.2, 0) is 4.74 Å². The van der Waals surface area contributed by atoms with Crippen LogP contribution in [0.25, 0.3) is 0 Å². The third kappa shape index (κ3) is 2.02. The molecule has 114 valence electrons. The summed E-state index contributed by atoms with van der Waals surface area (Å²) < 4.78 is 140. The summed E-state index contributed by atoms with van der Waals surface area (Å²) in [4.78, 5) is -3.18. The summed E-state index contributed by atoms with van der Waals surface area (Å²) in [6.07, 6.45) is -12.8. The zero-order chi connectivity index (χ0) is 15.5. The lowest BCUT2D eigenvalue weighted by Gasteiger charge is -2.48. The Balaban J connectivity index is 3.51. The second-order valence-electron chi connectivity index (χ2n) is 3.35. The summed E-state index contributed by atoms with van der Waals surface area (Å²) in [6, 6.07) is -19.1. The van der Waals surface area contributed by atoms with Crippen LogP contribution in [0.4, 0.5) is 48.3 Å². The van der Waals surface area contributed by atoms with Crippen LogP contribution in [-0.4, -0.2) is 41.9 Å². The number of ether oxygens (including phenoxy) is 1. The van der Waals surface area contributed by atoms with E-state index in [2.05, 4.69) is 0 Å². The summed E-state index contributed by atoms with van der Waals surface area (Å²) in [5.74, 6) is 0. The van der Waals surface area contributed by atoms with Gasteiger partial charge in [0.05, 0.1) is 0 Å². The molecule has 1 heterocycles. The third-order valence-electron chi connectivity index (χ3n) is 2.01. The van der Waals surface area contributed by atoms with Crippen LogP contribution >= 0.6 is 0 Å². The van der Waals surface area contributed by atoms with Gasteiger partial charge < -0.3 is 0 Å². The molecule has 13 heteroatoms. The van der Waals surface area contributed by atoms with Crippen LogP contribution in [0.5, 0.6) is 0 Å². The molecule has 0 aromatic carbocycles. The van der Waals surface area contributed by atoms with E-state index in [4.69, 9.17) is 0 Å². The molecule has 0 spiro atoms. The van der Waals surface area contributed by atoms with Gasteiger partial charge in [0.15, 0.2) is 6.67 Å². The first-order valence-electron chi connectivity index (χ1n) is 4.09. The van der Waals surface area contributed by atoms with E-state index >= 15 is 0 Å². The fourth-order valence-electron chi connectivity index (χ4n) is 1.19. The molecule has 0 radical (unpaired) electrons. The van der Waals surface area contributed by atoms with Gasteiger partial charge in [-0.25, -0.2) is 9.13 Å². The minimum absolute atomic E-state index is 1.90. The van der Waals surface area contributed by atoms with Crippen molar-refractivity contribution in [3.8, 4) is 0 Å². The van der Waals surface area contributed by atoms with Crippen LogP contribution in [0.1, 0.15) is 0 Å². The number of alkyl halides is 11. The third-order valence-corrected chi connectivity index (χ3v) is 2.01. The number of morpholine rings is 1. The minimum atomic E-state index is -6.58. The van der Waals surface area contributed by atoms with Crippen molar-refractivity contribution in [3.05, 3.63) is 0 Å². The van der Waals surface area contributed by atoms with Gasteiger partial charge >= 0.3 is 30.4 Å². The fraction of sp³-hybridized carbons (Fsp3) is 1.00. The summed E-state index contributed by atoms with van der Waals surface area (Å²) in [5, 5.41) is 0. The molecule has 0 N–H and O–H groups in total. The van der Waals surface area contributed by atoms with Crippen LogP contribution in [0.2, 0.25) is 0 Å². The molecule has 0 saturated carbocycles. The van der Waals surface area contributed by atoms with Gasteiger partial charge in [0.1, 0.15) is 0 Å². The molecule has 0 aromatic rings. The molecule has 0 aliphatic carbocycles. The molecule has 0 aromatic heterocycles. The molecule has 2 nitrogen and oxygen atoms in total. The predicted octanol–water partition coefficient (Wildman–Crippen LogP) is 3.25. The van der Waals surface area contributed by atoms with Gasteiger partial charge in [-0.15, -0.1) is 4.90 Å². The molecule has 0 unspecified atom stereocenters. The normalized spacial score (nSPS) is 29.2. The highest BCUT2D eigenvalue weighted by atomic mass is 19.4. The maximum absolute atomic E-state index is 12.8. The summed E-state index contributed by atoms with van der Waals surface area (Å²) >= 11 is 0. The molecular formula is C6H2F11NO. The lowest BCUT2D eigenvalue weighted by molar-refractivity contribution is -0.585.